The highest BCUT2D eigenvalue weighted by Crippen LogP contribution is 2.37. The molecule has 0 fully saturated rings. The van der Waals surface area contributed by atoms with Crippen LogP contribution < -0.4 is 4.74 Å². The molecule has 0 spiro atoms. The van der Waals surface area contributed by atoms with Crippen LogP contribution in [0.15, 0.2) is 42.3 Å². The van der Waals surface area contributed by atoms with Gasteiger partial charge in [0.1, 0.15) is 5.75 Å². The van der Waals surface area contributed by atoms with Crippen molar-refractivity contribution in [2.75, 3.05) is 6.61 Å². The van der Waals surface area contributed by atoms with Gasteiger partial charge in [-0.05, 0) is 79.2 Å². The standard InChI is InChI=1S/C26H40OS/c1-10-13-24(26(8,9)14-11-2)18-27-25-16-22(19(4)5)15-23(17-25)21(7)28-20(6)12-3/h12,15-17,24H,4,7,10-11,13-14,18H2,1-3,5-6,8-9H3/b20-12-. The lowest BCUT2D eigenvalue weighted by atomic mass is 9.74. The van der Waals surface area contributed by atoms with Crippen molar-refractivity contribution in [2.24, 2.45) is 11.3 Å². The fraction of sp³-hybridized carbons (Fsp3) is 0.538. The Morgan fingerprint density at radius 2 is 1.75 bits per heavy atom. The second kappa shape index (κ2) is 11.6. The van der Waals surface area contributed by atoms with Gasteiger partial charge in [-0.2, -0.15) is 0 Å². The van der Waals surface area contributed by atoms with Crippen LogP contribution in [0.5, 0.6) is 5.75 Å². The Kier molecular flexibility index (Phi) is 10.2. The summed E-state index contributed by atoms with van der Waals surface area (Å²) in [4.78, 5) is 2.29. The fourth-order valence-corrected chi connectivity index (χ4v) is 4.24. The summed E-state index contributed by atoms with van der Waals surface area (Å²) in [6.45, 7) is 24.7. The van der Waals surface area contributed by atoms with Crippen LogP contribution in [-0.4, -0.2) is 6.61 Å². The second-order valence-electron chi connectivity index (χ2n) is 8.49. The van der Waals surface area contributed by atoms with E-state index >= 15 is 0 Å². The van der Waals surface area contributed by atoms with E-state index in [2.05, 4.69) is 79.0 Å². The highest BCUT2D eigenvalue weighted by molar-refractivity contribution is 8.11. The summed E-state index contributed by atoms with van der Waals surface area (Å²) in [5, 5.41) is 0. The van der Waals surface area contributed by atoms with Gasteiger partial charge in [0.15, 0.2) is 0 Å². The van der Waals surface area contributed by atoms with E-state index in [1.807, 2.05) is 6.92 Å². The summed E-state index contributed by atoms with van der Waals surface area (Å²) in [5.41, 5.74) is 3.57. The Labute approximate surface area is 178 Å². The average molecular weight is 401 g/mol. The largest absolute Gasteiger partial charge is 0.493 e. The molecule has 1 atom stereocenters. The lowest BCUT2D eigenvalue weighted by molar-refractivity contribution is 0.112. The van der Waals surface area contributed by atoms with Crippen LogP contribution in [-0.2, 0) is 0 Å². The van der Waals surface area contributed by atoms with Crippen LogP contribution in [0.1, 0.15) is 85.3 Å². The molecule has 0 amide bonds. The third-order valence-electron chi connectivity index (χ3n) is 5.50. The molecule has 0 N–H and O–H groups in total. The van der Waals surface area contributed by atoms with Crippen molar-refractivity contribution in [3.8, 4) is 5.75 Å². The highest BCUT2D eigenvalue weighted by atomic mass is 32.2. The molecule has 0 aliphatic heterocycles. The lowest BCUT2D eigenvalue weighted by Crippen LogP contribution is -2.29. The van der Waals surface area contributed by atoms with E-state index in [0.29, 0.717) is 11.3 Å². The average Bonchev–Trinajstić information content (AvgIpc) is 2.64. The second-order valence-corrected chi connectivity index (χ2v) is 9.83. The monoisotopic (exact) mass is 400 g/mol. The van der Waals surface area contributed by atoms with Crippen LogP contribution in [0, 0.1) is 11.3 Å². The van der Waals surface area contributed by atoms with E-state index in [0.717, 1.165) is 34.0 Å². The van der Waals surface area contributed by atoms with E-state index < -0.39 is 0 Å². The molecule has 156 valence electrons. The van der Waals surface area contributed by atoms with Crippen molar-refractivity contribution in [2.45, 2.75) is 74.1 Å². The molecule has 1 aromatic carbocycles. The zero-order valence-electron chi connectivity index (χ0n) is 19.2. The van der Waals surface area contributed by atoms with E-state index in [1.54, 1.807) is 11.8 Å². The van der Waals surface area contributed by atoms with Crippen molar-refractivity contribution in [1.29, 1.82) is 0 Å². The number of allylic oxidation sites excluding steroid dienone is 3. The molecule has 28 heavy (non-hydrogen) atoms. The molecule has 0 radical (unpaired) electrons. The van der Waals surface area contributed by atoms with Gasteiger partial charge in [-0.3, -0.25) is 0 Å². The predicted molar refractivity (Wildman–Crippen MR) is 130 cm³/mol. The molecule has 2 heteroatoms. The van der Waals surface area contributed by atoms with E-state index in [-0.39, 0.29) is 0 Å². The van der Waals surface area contributed by atoms with Crippen LogP contribution in [0.25, 0.3) is 10.5 Å². The Balaban J connectivity index is 3.08. The molecule has 1 nitrogen and oxygen atoms in total. The summed E-state index contributed by atoms with van der Waals surface area (Å²) in [5.74, 6) is 1.47. The van der Waals surface area contributed by atoms with Crippen molar-refractivity contribution >= 4 is 22.2 Å². The van der Waals surface area contributed by atoms with Crippen LogP contribution in [0.3, 0.4) is 0 Å². The third-order valence-corrected chi connectivity index (χ3v) is 6.54. The van der Waals surface area contributed by atoms with Gasteiger partial charge in [0, 0.05) is 4.91 Å². The van der Waals surface area contributed by atoms with Gasteiger partial charge >= 0.3 is 0 Å². The lowest BCUT2D eigenvalue weighted by Gasteiger charge is -2.34. The minimum absolute atomic E-state index is 0.294. The molecular formula is C26H40OS. The third kappa shape index (κ3) is 7.54. The first kappa shape index (κ1) is 24.6. The summed E-state index contributed by atoms with van der Waals surface area (Å²) >= 11 is 1.71. The minimum Gasteiger partial charge on any atom is -0.493 e. The molecule has 1 rings (SSSR count). The zero-order valence-corrected chi connectivity index (χ0v) is 20.0. The van der Waals surface area contributed by atoms with Gasteiger partial charge < -0.3 is 4.74 Å². The fourth-order valence-electron chi connectivity index (χ4n) is 3.50. The van der Waals surface area contributed by atoms with Crippen molar-refractivity contribution in [3.63, 3.8) is 0 Å². The van der Waals surface area contributed by atoms with Crippen molar-refractivity contribution < 1.29 is 4.74 Å². The first-order valence-corrected chi connectivity index (χ1v) is 11.4. The number of hydrogen-bond donors (Lipinski definition) is 0. The predicted octanol–water partition coefficient (Wildman–Crippen LogP) is 8.97. The number of rotatable bonds is 12. The summed E-state index contributed by atoms with van der Waals surface area (Å²) in [7, 11) is 0. The van der Waals surface area contributed by atoms with Gasteiger partial charge in [0.25, 0.3) is 0 Å². The Morgan fingerprint density at radius 1 is 1.11 bits per heavy atom. The Bertz CT molecular complexity index is 696. The van der Waals surface area contributed by atoms with Crippen molar-refractivity contribution in [3.05, 3.63) is 53.5 Å². The normalized spacial score (nSPS) is 13.3. The molecule has 0 saturated heterocycles. The zero-order chi connectivity index (χ0) is 21.3. The van der Waals surface area contributed by atoms with Gasteiger partial charge in [0.05, 0.1) is 6.61 Å². The molecule has 0 aliphatic carbocycles. The number of thioether (sulfide) groups is 1. The summed E-state index contributed by atoms with van der Waals surface area (Å²) < 4.78 is 6.36. The molecule has 0 aromatic heterocycles. The quantitative estimate of drug-likeness (QED) is 0.346. The van der Waals surface area contributed by atoms with Crippen LogP contribution in [0.4, 0.5) is 0 Å². The molecule has 0 heterocycles. The van der Waals surface area contributed by atoms with Crippen molar-refractivity contribution in [1.82, 2.24) is 0 Å². The van der Waals surface area contributed by atoms with E-state index in [1.165, 1.54) is 30.6 Å². The van der Waals surface area contributed by atoms with Gasteiger partial charge in [-0.1, -0.05) is 77.1 Å². The topological polar surface area (TPSA) is 9.23 Å². The van der Waals surface area contributed by atoms with Gasteiger partial charge in [-0.25, -0.2) is 0 Å². The smallest absolute Gasteiger partial charge is 0.120 e. The van der Waals surface area contributed by atoms with Gasteiger partial charge in [0.2, 0.25) is 0 Å². The molecule has 0 aliphatic rings. The first-order chi connectivity index (χ1) is 13.1. The van der Waals surface area contributed by atoms with Gasteiger partial charge in [-0.15, -0.1) is 0 Å². The number of hydrogen-bond acceptors (Lipinski definition) is 2. The maximum Gasteiger partial charge on any atom is 0.120 e. The van der Waals surface area contributed by atoms with Crippen LogP contribution >= 0.6 is 11.8 Å². The molecule has 1 unspecified atom stereocenters. The van der Waals surface area contributed by atoms with E-state index in [4.69, 9.17) is 4.74 Å². The maximum atomic E-state index is 6.36. The highest BCUT2D eigenvalue weighted by Gasteiger charge is 2.28. The summed E-state index contributed by atoms with van der Waals surface area (Å²) in [6, 6.07) is 6.40. The molecular weight excluding hydrogens is 360 g/mol. The SMILES string of the molecule is C=C(C)c1cc(OCC(CCC)C(C)(C)CCC)cc(C(=C)S/C(C)=C\C)c1. The van der Waals surface area contributed by atoms with Crippen LogP contribution in [0.2, 0.25) is 0 Å². The Hall–Kier alpha value is -1.41. The molecule has 1 aromatic rings. The first-order valence-electron chi connectivity index (χ1n) is 10.6. The number of ether oxygens (including phenoxy) is 1. The molecule has 0 saturated carbocycles. The Morgan fingerprint density at radius 3 is 2.29 bits per heavy atom. The molecule has 0 bridgehead atoms. The maximum absolute atomic E-state index is 6.36. The summed E-state index contributed by atoms with van der Waals surface area (Å²) in [6.07, 6.45) is 6.94. The number of benzene rings is 1. The minimum atomic E-state index is 0.294. The van der Waals surface area contributed by atoms with E-state index in [9.17, 15) is 0 Å².